The predicted octanol–water partition coefficient (Wildman–Crippen LogP) is 2.79. The number of carbonyl (C=O) groups excluding carboxylic acids is 1. The summed E-state index contributed by atoms with van der Waals surface area (Å²) < 4.78 is 0. The second-order valence-corrected chi connectivity index (χ2v) is 3.79. The van der Waals surface area contributed by atoms with E-state index in [1.807, 2.05) is 0 Å². The van der Waals surface area contributed by atoms with Gasteiger partial charge >= 0.3 is 5.97 Å². The molecule has 0 bridgehead atoms. The molecule has 0 aromatic heterocycles. The molecule has 0 saturated carbocycles. The summed E-state index contributed by atoms with van der Waals surface area (Å²) in [7, 11) is 0. The zero-order valence-corrected chi connectivity index (χ0v) is 9.49. The number of Topliss-reactive ketones (excluding diaryl/α,β-unsaturated/α-hetero) is 1. The lowest BCUT2D eigenvalue weighted by Crippen LogP contribution is -2.04. The highest BCUT2D eigenvalue weighted by Gasteiger charge is 2.08. The minimum Gasteiger partial charge on any atom is -0.481 e. The summed E-state index contributed by atoms with van der Waals surface area (Å²) in [6.07, 6.45) is 1.27. The van der Waals surface area contributed by atoms with Crippen LogP contribution in [0.25, 0.3) is 6.08 Å². The van der Waals surface area contributed by atoms with E-state index >= 15 is 0 Å². The molecular formula is C12H11ClO3. The lowest BCUT2D eigenvalue weighted by Gasteiger charge is -2.00. The molecule has 3 nitrogen and oxygen atoms in total. The number of rotatable bonds is 4. The van der Waals surface area contributed by atoms with Gasteiger partial charge in [-0.05, 0) is 30.7 Å². The Hall–Kier alpha value is -1.61. The second kappa shape index (κ2) is 5.47. The van der Waals surface area contributed by atoms with Crippen molar-refractivity contribution in [3.8, 4) is 0 Å². The quantitative estimate of drug-likeness (QED) is 0.821. The Balaban J connectivity index is 3.02. The number of hydrogen-bond acceptors (Lipinski definition) is 2. The van der Waals surface area contributed by atoms with Crippen LogP contribution in [-0.2, 0) is 9.59 Å². The van der Waals surface area contributed by atoms with E-state index in [0.29, 0.717) is 5.02 Å². The van der Waals surface area contributed by atoms with Crippen molar-refractivity contribution in [3.63, 3.8) is 0 Å². The fraction of sp³-hybridized carbons (Fsp3) is 0.167. The summed E-state index contributed by atoms with van der Waals surface area (Å²) in [5.74, 6) is -1.27. The molecule has 0 amide bonds. The first-order valence-electron chi connectivity index (χ1n) is 4.68. The van der Waals surface area contributed by atoms with Gasteiger partial charge in [-0.25, -0.2) is 0 Å². The number of hydrogen-bond donors (Lipinski definition) is 1. The fourth-order valence-corrected chi connectivity index (χ4v) is 1.44. The summed E-state index contributed by atoms with van der Waals surface area (Å²) in [6, 6.07) is 6.89. The van der Waals surface area contributed by atoms with Crippen molar-refractivity contribution in [1.29, 1.82) is 0 Å². The molecule has 0 atom stereocenters. The van der Waals surface area contributed by atoms with Crippen LogP contribution in [0.3, 0.4) is 0 Å². The fourth-order valence-electron chi connectivity index (χ4n) is 1.24. The molecule has 0 heterocycles. The predicted molar refractivity (Wildman–Crippen MR) is 62.4 cm³/mol. The highest BCUT2D eigenvalue weighted by atomic mass is 35.5. The lowest BCUT2D eigenvalue weighted by atomic mass is 10.1. The van der Waals surface area contributed by atoms with Crippen LogP contribution >= 0.6 is 11.6 Å². The van der Waals surface area contributed by atoms with E-state index in [2.05, 4.69) is 0 Å². The molecule has 1 rings (SSSR count). The Labute approximate surface area is 98.4 Å². The first kappa shape index (κ1) is 12.5. The van der Waals surface area contributed by atoms with Gasteiger partial charge in [0, 0.05) is 10.6 Å². The topological polar surface area (TPSA) is 54.4 Å². The van der Waals surface area contributed by atoms with Gasteiger partial charge in [-0.15, -0.1) is 0 Å². The molecule has 0 spiro atoms. The van der Waals surface area contributed by atoms with Crippen molar-refractivity contribution in [1.82, 2.24) is 0 Å². The van der Waals surface area contributed by atoms with Crippen molar-refractivity contribution < 1.29 is 14.7 Å². The van der Waals surface area contributed by atoms with E-state index in [-0.39, 0.29) is 17.8 Å². The summed E-state index contributed by atoms with van der Waals surface area (Å²) >= 11 is 5.78. The maximum Gasteiger partial charge on any atom is 0.307 e. The summed E-state index contributed by atoms with van der Waals surface area (Å²) in [5, 5.41) is 9.19. The number of aliphatic carboxylic acids is 1. The van der Waals surface area contributed by atoms with Crippen LogP contribution in [0.4, 0.5) is 0 Å². The minimum absolute atomic E-state index is 0.248. The molecule has 0 unspecified atom stereocenters. The molecular weight excluding hydrogens is 228 g/mol. The molecule has 0 radical (unpaired) electrons. The number of carboxylic acids is 1. The van der Waals surface area contributed by atoms with Gasteiger partial charge in [0.2, 0.25) is 0 Å². The second-order valence-electron chi connectivity index (χ2n) is 3.35. The van der Waals surface area contributed by atoms with Crippen molar-refractivity contribution in [2.24, 2.45) is 0 Å². The van der Waals surface area contributed by atoms with Gasteiger partial charge in [0.05, 0.1) is 6.42 Å². The third kappa shape index (κ3) is 3.87. The van der Waals surface area contributed by atoms with E-state index in [4.69, 9.17) is 16.7 Å². The van der Waals surface area contributed by atoms with Crippen LogP contribution < -0.4 is 0 Å². The van der Waals surface area contributed by atoms with Crippen molar-refractivity contribution >= 4 is 29.4 Å². The highest BCUT2D eigenvalue weighted by molar-refractivity contribution is 6.30. The molecule has 16 heavy (non-hydrogen) atoms. The normalized spacial score (nSPS) is 11.2. The van der Waals surface area contributed by atoms with Gasteiger partial charge < -0.3 is 5.11 Å². The van der Waals surface area contributed by atoms with Crippen LogP contribution in [0.2, 0.25) is 5.02 Å². The molecule has 1 aromatic rings. The Morgan fingerprint density at radius 1 is 1.44 bits per heavy atom. The average Bonchev–Trinajstić information content (AvgIpc) is 2.15. The zero-order chi connectivity index (χ0) is 12.1. The van der Waals surface area contributed by atoms with E-state index < -0.39 is 5.97 Å². The van der Waals surface area contributed by atoms with Gasteiger partial charge in [-0.3, -0.25) is 9.59 Å². The van der Waals surface area contributed by atoms with Crippen LogP contribution in [0.5, 0.6) is 0 Å². The van der Waals surface area contributed by atoms with Gasteiger partial charge in [0.15, 0.2) is 5.78 Å². The van der Waals surface area contributed by atoms with E-state index in [1.54, 1.807) is 30.3 Å². The Kier molecular flexibility index (Phi) is 4.26. The third-order valence-corrected chi connectivity index (χ3v) is 2.22. The summed E-state index contributed by atoms with van der Waals surface area (Å²) in [4.78, 5) is 21.8. The Morgan fingerprint density at radius 2 is 2.12 bits per heavy atom. The molecule has 4 heteroatoms. The van der Waals surface area contributed by atoms with Crippen molar-refractivity contribution in [2.45, 2.75) is 13.3 Å². The van der Waals surface area contributed by atoms with Gasteiger partial charge in [-0.2, -0.15) is 0 Å². The van der Waals surface area contributed by atoms with E-state index in [1.165, 1.54) is 6.92 Å². The number of ketones is 1. The van der Waals surface area contributed by atoms with Crippen LogP contribution in [0.1, 0.15) is 18.9 Å². The molecule has 0 saturated heterocycles. The molecule has 84 valence electrons. The Bertz CT molecular complexity index is 449. The molecule has 1 N–H and O–H groups in total. The van der Waals surface area contributed by atoms with Crippen molar-refractivity contribution in [2.75, 3.05) is 0 Å². The number of carbonyl (C=O) groups is 2. The van der Waals surface area contributed by atoms with E-state index in [0.717, 1.165) is 5.56 Å². The van der Waals surface area contributed by atoms with Gasteiger partial charge in [-0.1, -0.05) is 23.7 Å². The van der Waals surface area contributed by atoms with E-state index in [9.17, 15) is 9.59 Å². The van der Waals surface area contributed by atoms with Crippen molar-refractivity contribution in [3.05, 3.63) is 40.4 Å². The Morgan fingerprint density at radius 3 is 2.62 bits per heavy atom. The third-order valence-electron chi connectivity index (χ3n) is 1.98. The maximum atomic E-state index is 11.2. The average molecular weight is 239 g/mol. The molecule has 0 aliphatic heterocycles. The maximum absolute atomic E-state index is 11.2. The molecule has 0 aliphatic rings. The first-order valence-corrected chi connectivity index (χ1v) is 5.05. The zero-order valence-electron chi connectivity index (χ0n) is 8.74. The highest BCUT2D eigenvalue weighted by Crippen LogP contribution is 2.15. The molecule has 1 aromatic carbocycles. The number of halogens is 1. The first-order chi connectivity index (χ1) is 7.49. The lowest BCUT2D eigenvalue weighted by molar-refractivity contribution is -0.136. The van der Waals surface area contributed by atoms with Crippen LogP contribution in [0.15, 0.2) is 29.8 Å². The molecule has 0 aliphatic carbocycles. The van der Waals surface area contributed by atoms with Gasteiger partial charge in [0.1, 0.15) is 0 Å². The standard InChI is InChI=1S/C12H11ClO3/c1-8(14)10(7-12(15)16)5-9-3-2-4-11(13)6-9/h2-6H,7H2,1H3,(H,15,16)/b10-5+. The number of benzene rings is 1. The minimum atomic E-state index is -1.02. The summed E-state index contributed by atoms with van der Waals surface area (Å²) in [6.45, 7) is 1.35. The summed E-state index contributed by atoms with van der Waals surface area (Å²) in [5.41, 5.74) is 0.980. The molecule has 0 fully saturated rings. The van der Waals surface area contributed by atoms with Crippen LogP contribution in [-0.4, -0.2) is 16.9 Å². The number of carboxylic acid groups (broad SMARTS) is 1. The van der Waals surface area contributed by atoms with Crippen LogP contribution in [0, 0.1) is 0 Å². The smallest absolute Gasteiger partial charge is 0.307 e. The van der Waals surface area contributed by atoms with Gasteiger partial charge in [0.25, 0.3) is 0 Å². The monoisotopic (exact) mass is 238 g/mol. The SMILES string of the molecule is CC(=O)/C(=C/c1cccc(Cl)c1)CC(=O)O. The largest absolute Gasteiger partial charge is 0.481 e.